The second kappa shape index (κ2) is 9.63. The Morgan fingerprint density at radius 1 is 1.00 bits per heavy atom. The molecule has 1 aliphatic carbocycles. The van der Waals surface area contributed by atoms with E-state index in [1.54, 1.807) is 13.8 Å². The summed E-state index contributed by atoms with van der Waals surface area (Å²) in [5, 5.41) is 29.4. The molecule has 0 radical (unpaired) electrons. The molecule has 0 unspecified atom stereocenters. The number of ether oxygens (including phenoxy) is 1. The van der Waals surface area contributed by atoms with E-state index in [1.807, 2.05) is 6.92 Å². The van der Waals surface area contributed by atoms with Gasteiger partial charge in [0.2, 0.25) is 0 Å². The van der Waals surface area contributed by atoms with Gasteiger partial charge in [0.25, 0.3) is 0 Å². The number of alkyl halides is 6. The number of rotatable bonds is 5. The van der Waals surface area contributed by atoms with Crippen molar-refractivity contribution in [3.63, 3.8) is 0 Å². The Balaban J connectivity index is 1.38. The van der Waals surface area contributed by atoms with E-state index in [0.717, 1.165) is 18.2 Å². The lowest BCUT2D eigenvalue weighted by Crippen LogP contribution is -2.53. The van der Waals surface area contributed by atoms with Gasteiger partial charge in [0.05, 0.1) is 39.6 Å². The number of hydrogen-bond donors (Lipinski definition) is 3. The molecule has 6 nitrogen and oxygen atoms in total. The number of aryl methyl sites for hydroxylation is 1. The molecule has 2 aromatic carbocycles. The first kappa shape index (κ1) is 28.7. The lowest BCUT2D eigenvalue weighted by molar-refractivity contribution is -0.138. The molecule has 0 spiro atoms. The second-order valence-electron chi connectivity index (χ2n) is 11.5. The highest BCUT2D eigenvalue weighted by molar-refractivity contribution is 5.87. The van der Waals surface area contributed by atoms with Crippen LogP contribution in [0.1, 0.15) is 68.0 Å². The maximum absolute atomic E-state index is 14.2. The van der Waals surface area contributed by atoms with Crippen LogP contribution < -0.4 is 10.1 Å². The second-order valence-corrected chi connectivity index (χ2v) is 11.5. The van der Waals surface area contributed by atoms with Gasteiger partial charge in [-0.05, 0) is 76.3 Å². The van der Waals surface area contributed by atoms with Crippen molar-refractivity contribution in [2.75, 3.05) is 6.61 Å². The Morgan fingerprint density at radius 2 is 1.65 bits per heavy atom. The van der Waals surface area contributed by atoms with Crippen LogP contribution in [0.3, 0.4) is 0 Å². The van der Waals surface area contributed by atoms with Crippen LogP contribution in [0.2, 0.25) is 0 Å². The van der Waals surface area contributed by atoms with Crippen LogP contribution >= 0.6 is 0 Å². The van der Waals surface area contributed by atoms with Crippen LogP contribution in [0.5, 0.6) is 5.75 Å². The van der Waals surface area contributed by atoms with E-state index in [-0.39, 0.29) is 42.8 Å². The number of halogens is 6. The summed E-state index contributed by atoms with van der Waals surface area (Å²) in [6, 6.07) is 5.73. The van der Waals surface area contributed by atoms with Crippen molar-refractivity contribution in [2.45, 2.75) is 88.1 Å². The highest BCUT2D eigenvalue weighted by Gasteiger charge is 2.44. The van der Waals surface area contributed by atoms with Crippen molar-refractivity contribution in [1.29, 1.82) is 0 Å². The first-order valence-corrected chi connectivity index (χ1v) is 13.1. The topological polar surface area (TPSA) is 79.5 Å². The highest BCUT2D eigenvalue weighted by atomic mass is 19.4. The molecular formula is C28H31F6N3O3. The molecule has 1 aromatic heterocycles. The molecule has 1 aliphatic heterocycles. The van der Waals surface area contributed by atoms with Crippen LogP contribution in [0.15, 0.2) is 36.4 Å². The summed E-state index contributed by atoms with van der Waals surface area (Å²) in [7, 11) is 0. The molecule has 5 rings (SSSR count). The van der Waals surface area contributed by atoms with Crippen LogP contribution in [0.4, 0.5) is 26.3 Å². The molecule has 1 saturated heterocycles. The van der Waals surface area contributed by atoms with Gasteiger partial charge in [-0.1, -0.05) is 12.1 Å². The molecule has 3 aromatic rings. The third-order valence-electron chi connectivity index (χ3n) is 7.91. The Labute approximate surface area is 226 Å². The van der Waals surface area contributed by atoms with Gasteiger partial charge in [-0.15, -0.1) is 0 Å². The van der Waals surface area contributed by atoms with Crippen molar-refractivity contribution in [3.05, 3.63) is 58.8 Å². The smallest absolute Gasteiger partial charge is 0.418 e. The fourth-order valence-electron chi connectivity index (χ4n) is 6.11. The zero-order valence-electron chi connectivity index (χ0n) is 22.2. The van der Waals surface area contributed by atoms with Crippen LogP contribution in [0, 0.1) is 6.92 Å². The molecule has 218 valence electrons. The fraction of sp³-hybridized carbons (Fsp3) is 0.536. The minimum absolute atomic E-state index is 0.0128. The van der Waals surface area contributed by atoms with Gasteiger partial charge >= 0.3 is 12.4 Å². The van der Waals surface area contributed by atoms with Gasteiger partial charge in [-0.2, -0.15) is 31.4 Å². The van der Waals surface area contributed by atoms with Crippen LogP contribution in [-0.4, -0.2) is 44.3 Å². The van der Waals surface area contributed by atoms with E-state index in [0.29, 0.717) is 29.5 Å². The quantitative estimate of drug-likeness (QED) is 0.334. The predicted molar refractivity (Wildman–Crippen MR) is 135 cm³/mol. The predicted octanol–water partition coefficient (Wildman–Crippen LogP) is 5.88. The summed E-state index contributed by atoms with van der Waals surface area (Å²) in [5.74, 6) is -0.0128. The van der Waals surface area contributed by atoms with Crippen molar-refractivity contribution in [3.8, 4) is 5.75 Å². The average Bonchev–Trinajstić information content (AvgIpc) is 3.15. The van der Waals surface area contributed by atoms with Gasteiger partial charge < -0.3 is 20.3 Å². The number of nitrogens with zero attached hydrogens (tertiary/aromatic N) is 2. The average molecular weight is 572 g/mol. The van der Waals surface area contributed by atoms with E-state index in [4.69, 9.17) is 4.74 Å². The van der Waals surface area contributed by atoms with Crippen LogP contribution in [0.25, 0.3) is 10.9 Å². The number of fused-ring (bicyclic) bond motifs is 1. The molecule has 2 fully saturated rings. The molecule has 3 N–H and O–H groups in total. The van der Waals surface area contributed by atoms with E-state index in [1.165, 1.54) is 22.9 Å². The summed E-state index contributed by atoms with van der Waals surface area (Å²) >= 11 is 0. The molecular weight excluding hydrogens is 540 g/mol. The summed E-state index contributed by atoms with van der Waals surface area (Å²) in [5.41, 5.74) is -3.41. The normalized spacial score (nSPS) is 29.4. The lowest BCUT2D eigenvalue weighted by Gasteiger charge is -2.41. The summed E-state index contributed by atoms with van der Waals surface area (Å²) in [4.78, 5) is 0. The monoisotopic (exact) mass is 571 g/mol. The Morgan fingerprint density at radius 3 is 2.23 bits per heavy atom. The summed E-state index contributed by atoms with van der Waals surface area (Å²) in [6.45, 7) is 4.99. The van der Waals surface area contributed by atoms with Gasteiger partial charge in [-0.3, -0.25) is 4.68 Å². The summed E-state index contributed by atoms with van der Waals surface area (Å²) < 4.78 is 88.7. The minimum atomic E-state index is -4.69. The maximum atomic E-state index is 14.2. The molecule has 0 amide bonds. The molecule has 2 heterocycles. The number of aliphatic hydroxyl groups is 2. The number of hydrogen-bond acceptors (Lipinski definition) is 5. The SMILES string of the molecule is Cc1nn(C2CC(C)(O)C2)c2c(C(F)(F)F)cc(OC[C@@H]3C[C@](O)(c4ccc(C(F)(F)F)cc4)C[C@H](C)N3)cc12. The molecule has 1 saturated carbocycles. The van der Waals surface area contributed by atoms with E-state index >= 15 is 0 Å². The molecule has 40 heavy (non-hydrogen) atoms. The third kappa shape index (κ3) is 5.53. The molecule has 0 bridgehead atoms. The van der Waals surface area contributed by atoms with Crippen molar-refractivity contribution < 1.29 is 41.3 Å². The molecule has 2 aliphatic rings. The fourth-order valence-corrected chi connectivity index (χ4v) is 6.11. The third-order valence-corrected chi connectivity index (χ3v) is 7.91. The maximum Gasteiger partial charge on any atom is 0.418 e. The number of benzene rings is 2. The van der Waals surface area contributed by atoms with Gasteiger partial charge in [-0.25, -0.2) is 0 Å². The number of aromatic nitrogens is 2. The van der Waals surface area contributed by atoms with E-state index < -0.39 is 40.7 Å². The number of piperidine rings is 1. The van der Waals surface area contributed by atoms with Crippen molar-refractivity contribution >= 4 is 10.9 Å². The largest absolute Gasteiger partial charge is 0.492 e. The number of nitrogens with one attached hydrogen (secondary N) is 1. The van der Waals surface area contributed by atoms with Gasteiger partial charge in [0, 0.05) is 17.5 Å². The molecule has 3 atom stereocenters. The molecule has 12 heteroatoms. The van der Waals surface area contributed by atoms with Gasteiger partial charge in [0.1, 0.15) is 12.4 Å². The highest BCUT2D eigenvalue weighted by Crippen LogP contribution is 2.46. The Hall–Kier alpha value is -2.83. The van der Waals surface area contributed by atoms with Crippen molar-refractivity contribution in [1.82, 2.24) is 15.1 Å². The van der Waals surface area contributed by atoms with Crippen LogP contribution in [-0.2, 0) is 18.0 Å². The van der Waals surface area contributed by atoms with Gasteiger partial charge in [0.15, 0.2) is 0 Å². The zero-order valence-corrected chi connectivity index (χ0v) is 22.2. The summed E-state index contributed by atoms with van der Waals surface area (Å²) in [6.07, 6.45) is -8.25. The van der Waals surface area contributed by atoms with E-state index in [9.17, 15) is 36.6 Å². The van der Waals surface area contributed by atoms with E-state index in [2.05, 4.69) is 10.4 Å². The first-order chi connectivity index (χ1) is 18.5. The standard InChI is InChI=1S/C28H31F6N3O3/c1-15-10-26(39,17-4-6-18(7-5-17)27(29,30)31)11-19(35-15)14-40-21-8-22-16(2)36-37(20-12-25(3,38)13-20)24(22)23(9-21)28(32,33)34/h4-9,15,19-20,35,38-39H,10-14H2,1-3H3/t15-,19-,20?,25?,26-/m0/s1. The first-order valence-electron chi connectivity index (χ1n) is 13.1. The minimum Gasteiger partial charge on any atom is -0.492 e. The Bertz CT molecular complexity index is 1390. The Kier molecular flexibility index (Phi) is 6.91. The lowest BCUT2D eigenvalue weighted by atomic mass is 9.77. The van der Waals surface area contributed by atoms with Crippen molar-refractivity contribution in [2.24, 2.45) is 0 Å². The zero-order chi connectivity index (χ0) is 29.3.